The van der Waals surface area contributed by atoms with E-state index in [-0.39, 0.29) is 30.8 Å². The highest BCUT2D eigenvalue weighted by molar-refractivity contribution is 5.92. The zero-order valence-corrected chi connectivity index (χ0v) is 20.1. The van der Waals surface area contributed by atoms with Crippen molar-refractivity contribution in [2.75, 3.05) is 20.3 Å². The fourth-order valence-corrected chi connectivity index (χ4v) is 2.66. The number of carbonyl (C=O) groups excluding carboxylic acids is 3. The van der Waals surface area contributed by atoms with Gasteiger partial charge in [0.2, 0.25) is 0 Å². The Labute approximate surface area is 186 Å². The van der Waals surface area contributed by atoms with Gasteiger partial charge in [0.25, 0.3) is 0 Å². The predicted molar refractivity (Wildman–Crippen MR) is 120 cm³/mol. The van der Waals surface area contributed by atoms with Crippen LogP contribution in [-0.4, -0.2) is 66.7 Å². The molecule has 31 heavy (non-hydrogen) atoms. The van der Waals surface area contributed by atoms with Crippen LogP contribution < -0.4 is 5.73 Å². The van der Waals surface area contributed by atoms with Crippen molar-refractivity contribution in [1.29, 1.82) is 0 Å². The van der Waals surface area contributed by atoms with Crippen LogP contribution in [0.15, 0.2) is 17.6 Å². The summed E-state index contributed by atoms with van der Waals surface area (Å²) in [5.74, 6) is -1.20. The van der Waals surface area contributed by atoms with Crippen LogP contribution in [0.2, 0.25) is 0 Å². The van der Waals surface area contributed by atoms with Crippen molar-refractivity contribution in [3.05, 3.63) is 12.7 Å². The van der Waals surface area contributed by atoms with Gasteiger partial charge in [0, 0.05) is 0 Å². The number of amides is 1. The van der Waals surface area contributed by atoms with E-state index in [1.807, 2.05) is 27.7 Å². The highest BCUT2D eigenvalue weighted by atomic mass is 16.6. The number of nitrogens with zero attached hydrogens (tertiary/aromatic N) is 2. The number of ether oxygens (including phenoxy) is 3. The van der Waals surface area contributed by atoms with Gasteiger partial charge in [-0.3, -0.25) is 14.7 Å². The molecule has 0 spiro atoms. The number of nitrogens with two attached hydrogens (primary N) is 1. The monoisotopic (exact) mass is 441 g/mol. The van der Waals surface area contributed by atoms with Crippen LogP contribution in [0, 0.1) is 11.8 Å². The quantitative estimate of drug-likeness (QED) is 0.172. The number of hydrogen-bond donors (Lipinski definition) is 1. The van der Waals surface area contributed by atoms with E-state index in [9.17, 15) is 14.4 Å². The first-order chi connectivity index (χ1) is 14.2. The molecule has 0 fully saturated rings. The van der Waals surface area contributed by atoms with Crippen LogP contribution in [0.25, 0.3) is 0 Å². The van der Waals surface area contributed by atoms with E-state index in [1.165, 1.54) is 18.1 Å². The fourth-order valence-electron chi connectivity index (χ4n) is 2.66. The first-order valence-corrected chi connectivity index (χ1v) is 10.4. The smallest absolute Gasteiger partial charge is 0.411 e. The molecule has 0 heterocycles. The van der Waals surface area contributed by atoms with Crippen molar-refractivity contribution in [1.82, 2.24) is 4.90 Å². The Bertz CT molecular complexity index is 652. The summed E-state index contributed by atoms with van der Waals surface area (Å²) < 4.78 is 15.3. The second kappa shape index (κ2) is 13.0. The minimum Gasteiger partial charge on any atom is -0.468 e. The summed E-state index contributed by atoms with van der Waals surface area (Å²) in [6.45, 7) is 16.0. The van der Waals surface area contributed by atoms with Crippen LogP contribution in [0.5, 0.6) is 0 Å². The average Bonchev–Trinajstić information content (AvgIpc) is 2.64. The predicted octanol–water partition coefficient (Wildman–Crippen LogP) is 2.92. The maximum Gasteiger partial charge on any atom is 0.411 e. The molecule has 0 aliphatic rings. The molecular weight excluding hydrogens is 402 g/mol. The molecule has 0 radical (unpaired) electrons. The Balaban J connectivity index is 6.13. The summed E-state index contributed by atoms with van der Waals surface area (Å²) >= 11 is 0. The van der Waals surface area contributed by atoms with Gasteiger partial charge in [-0.25, -0.2) is 9.59 Å². The maximum absolute atomic E-state index is 12.7. The van der Waals surface area contributed by atoms with E-state index >= 15 is 0 Å². The van der Waals surface area contributed by atoms with Gasteiger partial charge in [-0.1, -0.05) is 40.3 Å². The van der Waals surface area contributed by atoms with Gasteiger partial charge in [-0.2, -0.15) is 0 Å². The summed E-state index contributed by atoms with van der Waals surface area (Å²) in [5, 5.41) is 0. The number of rotatable bonds is 11. The zero-order valence-electron chi connectivity index (χ0n) is 20.1. The summed E-state index contributed by atoms with van der Waals surface area (Å²) in [6, 6.07) is -1.64. The van der Waals surface area contributed by atoms with Crippen molar-refractivity contribution in [3.63, 3.8) is 0 Å². The summed E-state index contributed by atoms with van der Waals surface area (Å²) in [7, 11) is 1.22. The normalized spacial score (nSPS) is 14.1. The topological polar surface area (TPSA) is 121 Å². The molecule has 0 saturated heterocycles. The lowest BCUT2D eigenvalue weighted by Crippen LogP contribution is -2.51. The van der Waals surface area contributed by atoms with Gasteiger partial charge >= 0.3 is 18.0 Å². The minimum absolute atomic E-state index is 0.0333. The largest absolute Gasteiger partial charge is 0.468 e. The van der Waals surface area contributed by atoms with Crippen LogP contribution in [0.1, 0.15) is 54.9 Å². The summed E-state index contributed by atoms with van der Waals surface area (Å²) in [4.78, 5) is 42.9. The molecule has 0 rings (SSSR count). The molecule has 2 atom stereocenters. The van der Waals surface area contributed by atoms with E-state index in [0.717, 1.165) is 0 Å². The lowest BCUT2D eigenvalue weighted by molar-refractivity contribution is -0.157. The van der Waals surface area contributed by atoms with Crippen molar-refractivity contribution >= 4 is 23.9 Å². The van der Waals surface area contributed by atoms with E-state index in [0.29, 0.717) is 6.42 Å². The molecule has 9 nitrogen and oxygen atoms in total. The molecule has 0 unspecified atom stereocenters. The van der Waals surface area contributed by atoms with Gasteiger partial charge in [-0.05, 0) is 39.0 Å². The van der Waals surface area contributed by atoms with Crippen molar-refractivity contribution in [2.45, 2.75) is 72.6 Å². The van der Waals surface area contributed by atoms with Crippen molar-refractivity contribution in [2.24, 2.45) is 22.6 Å². The molecule has 0 aromatic carbocycles. The molecule has 0 saturated carbocycles. The highest BCUT2D eigenvalue weighted by Gasteiger charge is 2.33. The van der Waals surface area contributed by atoms with Crippen LogP contribution >= 0.6 is 0 Å². The lowest BCUT2D eigenvalue weighted by atomic mass is 10.00. The number of amidine groups is 1. The second-order valence-electron chi connectivity index (χ2n) is 8.99. The Kier molecular flexibility index (Phi) is 11.9. The molecule has 9 heteroatoms. The van der Waals surface area contributed by atoms with Gasteiger partial charge in [0.1, 0.15) is 24.6 Å². The Morgan fingerprint density at radius 1 is 1.16 bits per heavy atom. The van der Waals surface area contributed by atoms with E-state index in [2.05, 4.69) is 11.6 Å². The van der Waals surface area contributed by atoms with Gasteiger partial charge < -0.3 is 19.9 Å². The SMILES string of the molecule is C=CCOC(=O)N(CC(=O)OC)[C@@H](CC(C)C)C(N)=N[C@H](C(=O)OC(C)(C)C)C(C)C. The molecule has 1 amide bonds. The average molecular weight is 442 g/mol. The Morgan fingerprint density at radius 2 is 1.74 bits per heavy atom. The lowest BCUT2D eigenvalue weighted by Gasteiger charge is -2.32. The number of hydrogen-bond acceptors (Lipinski definition) is 7. The van der Waals surface area contributed by atoms with Gasteiger partial charge in [0.05, 0.1) is 13.2 Å². The van der Waals surface area contributed by atoms with Crippen LogP contribution in [0.4, 0.5) is 4.79 Å². The third-order valence-electron chi connectivity index (χ3n) is 4.07. The third kappa shape index (κ3) is 10.8. The molecule has 0 bridgehead atoms. The summed E-state index contributed by atoms with van der Waals surface area (Å²) in [5.41, 5.74) is 5.63. The van der Waals surface area contributed by atoms with E-state index < -0.39 is 35.7 Å². The molecule has 0 aromatic heterocycles. The Hall–Kier alpha value is -2.58. The Morgan fingerprint density at radius 3 is 2.16 bits per heavy atom. The number of carbonyl (C=O) groups is 3. The van der Waals surface area contributed by atoms with Crippen LogP contribution in [0.3, 0.4) is 0 Å². The fraction of sp³-hybridized carbons (Fsp3) is 0.727. The molecule has 178 valence electrons. The first-order valence-electron chi connectivity index (χ1n) is 10.4. The minimum atomic E-state index is -0.863. The zero-order chi connectivity index (χ0) is 24.4. The molecule has 0 aliphatic carbocycles. The van der Waals surface area contributed by atoms with Gasteiger partial charge in [-0.15, -0.1) is 0 Å². The number of esters is 2. The number of aliphatic imine (C=N–C) groups is 1. The maximum atomic E-state index is 12.7. The van der Waals surface area contributed by atoms with Crippen LogP contribution in [-0.2, 0) is 23.8 Å². The third-order valence-corrected chi connectivity index (χ3v) is 4.07. The molecular formula is C22H39N3O6. The highest BCUT2D eigenvalue weighted by Crippen LogP contribution is 2.18. The summed E-state index contributed by atoms with van der Waals surface area (Å²) in [6.07, 6.45) is 1.06. The molecule has 0 aromatic rings. The van der Waals surface area contributed by atoms with E-state index in [4.69, 9.17) is 19.9 Å². The van der Waals surface area contributed by atoms with Gasteiger partial charge in [0.15, 0.2) is 6.04 Å². The molecule has 2 N–H and O–H groups in total. The number of methoxy groups -OCH3 is 1. The molecule has 0 aliphatic heterocycles. The first kappa shape index (κ1) is 28.4. The van der Waals surface area contributed by atoms with Crippen molar-refractivity contribution in [3.8, 4) is 0 Å². The standard InChI is InChI=1S/C22H39N3O6/c1-10-11-30-21(28)25(13-17(26)29-9)16(12-14(2)3)19(23)24-18(15(4)5)20(27)31-22(6,7)8/h10,14-16,18H,1,11-13H2,2-9H3,(H2,23,24)/t16-,18-/m0/s1. The van der Waals surface area contributed by atoms with Crippen molar-refractivity contribution < 1.29 is 28.6 Å². The second-order valence-corrected chi connectivity index (χ2v) is 8.99. The van der Waals surface area contributed by atoms with E-state index in [1.54, 1.807) is 20.8 Å².